The monoisotopic (exact) mass is 478 g/mol. The summed E-state index contributed by atoms with van der Waals surface area (Å²) in [5.74, 6) is 2.19. The highest BCUT2D eigenvalue weighted by Gasteiger charge is 2.68. The Morgan fingerprint density at radius 2 is 2.11 bits per heavy atom. The SMILES string of the molecule is CC1(C)[C@@H]2C[C@H]3OB([C@H](Cc4coc5ccccc45)NC(=O)OC[C@@H]4NC[C@@H]5C[C@@H]54)O[C@@]3(C)[C@H]1C2. The molecule has 6 fully saturated rings. The van der Waals surface area contributed by atoms with Crippen LogP contribution in [-0.2, 0) is 20.5 Å². The quantitative estimate of drug-likeness (QED) is 0.613. The fraction of sp³-hybridized carbons (Fsp3) is 0.667. The van der Waals surface area contributed by atoms with Crippen LogP contribution in [0.1, 0.15) is 45.6 Å². The highest BCUT2D eigenvalue weighted by molar-refractivity contribution is 6.48. The second-order valence-electron chi connectivity index (χ2n) is 12.3. The molecule has 0 radical (unpaired) electrons. The number of fused-ring (bicyclic) bond motifs is 2. The van der Waals surface area contributed by atoms with E-state index in [2.05, 4.69) is 37.5 Å². The molecule has 6 aliphatic rings. The molecule has 1 aromatic carbocycles. The maximum Gasteiger partial charge on any atom is 0.482 e. The number of piperidine rings is 1. The van der Waals surface area contributed by atoms with Gasteiger partial charge in [0.15, 0.2) is 0 Å². The third kappa shape index (κ3) is 3.47. The number of nitrogens with one attached hydrogen (secondary N) is 2. The topological polar surface area (TPSA) is 82.0 Å². The van der Waals surface area contributed by atoms with E-state index in [0.29, 0.717) is 30.8 Å². The minimum Gasteiger partial charge on any atom is -0.464 e. The molecule has 8 atom stereocenters. The molecule has 0 unspecified atom stereocenters. The van der Waals surface area contributed by atoms with Gasteiger partial charge in [-0.05, 0) is 79.9 Å². The van der Waals surface area contributed by atoms with Crippen molar-refractivity contribution in [1.82, 2.24) is 10.6 Å². The second-order valence-corrected chi connectivity index (χ2v) is 12.3. The van der Waals surface area contributed by atoms with E-state index < -0.39 is 13.2 Å². The van der Waals surface area contributed by atoms with Gasteiger partial charge in [-0.3, -0.25) is 0 Å². The molecule has 8 heteroatoms. The highest BCUT2D eigenvalue weighted by Crippen LogP contribution is 2.65. The lowest BCUT2D eigenvalue weighted by Gasteiger charge is -2.64. The molecule has 2 aliphatic heterocycles. The zero-order valence-electron chi connectivity index (χ0n) is 20.8. The van der Waals surface area contributed by atoms with Gasteiger partial charge in [0.25, 0.3) is 0 Å². The van der Waals surface area contributed by atoms with E-state index in [1.165, 1.54) is 12.8 Å². The van der Waals surface area contributed by atoms with Gasteiger partial charge >= 0.3 is 13.2 Å². The number of rotatable bonds is 6. The molecule has 0 spiro atoms. The Bertz CT molecular complexity index is 1150. The summed E-state index contributed by atoms with van der Waals surface area (Å²) >= 11 is 0. The number of ether oxygens (including phenoxy) is 1. The van der Waals surface area contributed by atoms with Crippen LogP contribution in [0.2, 0.25) is 0 Å². The summed E-state index contributed by atoms with van der Waals surface area (Å²) in [5, 5.41) is 7.62. The molecular weight excluding hydrogens is 443 g/mol. The van der Waals surface area contributed by atoms with Crippen molar-refractivity contribution < 1.29 is 23.3 Å². The van der Waals surface area contributed by atoms with Gasteiger partial charge in [0.1, 0.15) is 12.2 Å². The van der Waals surface area contributed by atoms with Gasteiger partial charge in [0.2, 0.25) is 0 Å². The third-order valence-corrected chi connectivity index (χ3v) is 10.1. The summed E-state index contributed by atoms with van der Waals surface area (Å²) < 4.78 is 24.7. The number of hydrogen-bond donors (Lipinski definition) is 2. The Balaban J connectivity index is 1.10. The molecule has 35 heavy (non-hydrogen) atoms. The predicted molar refractivity (Wildman–Crippen MR) is 132 cm³/mol. The molecule has 2 N–H and O–H groups in total. The van der Waals surface area contributed by atoms with Crippen LogP contribution < -0.4 is 10.6 Å². The van der Waals surface area contributed by atoms with Crippen molar-refractivity contribution in [3.05, 3.63) is 36.1 Å². The standard InChI is InChI=1S/C27H35BN2O5/c1-26(2)17-10-22(26)27(3)23(11-17)34-28(35-27)24(9-16-13-32-21-7-5-4-6-18(16)21)30-25(31)33-14-20-19-8-15(19)12-29-20/h4-7,13,15,17,19-20,22-24,29H,8-12,14H2,1-3H3,(H,30,31)/t15-,17-,19-,20-,22-,23+,24-,27-/m0/s1. The lowest BCUT2D eigenvalue weighted by Crippen LogP contribution is -2.65. The van der Waals surface area contributed by atoms with Gasteiger partial charge in [0.05, 0.1) is 23.9 Å². The zero-order valence-corrected chi connectivity index (χ0v) is 20.8. The molecule has 186 valence electrons. The van der Waals surface area contributed by atoms with Crippen LogP contribution in [-0.4, -0.2) is 50.1 Å². The molecule has 4 saturated carbocycles. The predicted octanol–water partition coefficient (Wildman–Crippen LogP) is 3.95. The average Bonchev–Trinajstić information content (AvgIpc) is 3.15. The van der Waals surface area contributed by atoms with Crippen LogP contribution in [0.4, 0.5) is 4.79 Å². The number of carbonyl (C=O) groups excluding carboxylic acids is 1. The first-order valence-corrected chi connectivity index (χ1v) is 13.3. The van der Waals surface area contributed by atoms with Crippen molar-refractivity contribution in [3.63, 3.8) is 0 Å². The van der Waals surface area contributed by atoms with Crippen LogP contribution >= 0.6 is 0 Å². The highest BCUT2D eigenvalue weighted by atomic mass is 16.7. The summed E-state index contributed by atoms with van der Waals surface area (Å²) in [6, 6.07) is 8.26. The van der Waals surface area contributed by atoms with Crippen molar-refractivity contribution in [2.45, 2.75) is 70.1 Å². The smallest absolute Gasteiger partial charge is 0.464 e. The van der Waals surface area contributed by atoms with Crippen molar-refractivity contribution in [2.75, 3.05) is 13.2 Å². The van der Waals surface area contributed by atoms with Gasteiger partial charge in [-0.25, -0.2) is 4.79 Å². The Morgan fingerprint density at radius 3 is 2.89 bits per heavy atom. The van der Waals surface area contributed by atoms with Gasteiger partial charge < -0.3 is 29.1 Å². The lowest BCUT2D eigenvalue weighted by molar-refractivity contribution is -0.199. The van der Waals surface area contributed by atoms with Crippen LogP contribution in [0.3, 0.4) is 0 Å². The average molecular weight is 478 g/mol. The van der Waals surface area contributed by atoms with Gasteiger partial charge in [-0.2, -0.15) is 0 Å². The molecule has 4 aliphatic carbocycles. The number of amides is 1. The summed E-state index contributed by atoms with van der Waals surface area (Å²) in [4.78, 5) is 13.0. The first-order valence-electron chi connectivity index (χ1n) is 13.3. The second kappa shape index (κ2) is 7.74. The molecule has 2 bridgehead atoms. The van der Waals surface area contributed by atoms with E-state index in [0.717, 1.165) is 35.4 Å². The molecule has 1 amide bonds. The number of para-hydroxylation sites is 1. The summed E-state index contributed by atoms with van der Waals surface area (Å²) in [5.41, 5.74) is 1.80. The maximum absolute atomic E-state index is 13.0. The maximum atomic E-state index is 13.0. The summed E-state index contributed by atoms with van der Waals surface area (Å²) in [7, 11) is -0.529. The largest absolute Gasteiger partial charge is 0.482 e. The fourth-order valence-corrected chi connectivity index (χ4v) is 7.71. The Hall–Kier alpha value is -2.03. The number of furan rings is 1. The number of hydrogen-bond acceptors (Lipinski definition) is 6. The zero-order chi connectivity index (χ0) is 23.9. The van der Waals surface area contributed by atoms with Crippen LogP contribution in [0, 0.1) is 29.1 Å². The van der Waals surface area contributed by atoms with Gasteiger partial charge in [-0.1, -0.05) is 32.0 Å². The van der Waals surface area contributed by atoms with Crippen molar-refractivity contribution >= 4 is 24.2 Å². The van der Waals surface area contributed by atoms with Gasteiger partial charge in [-0.15, -0.1) is 0 Å². The number of benzene rings is 1. The Morgan fingerprint density at radius 1 is 1.26 bits per heavy atom. The minimum absolute atomic E-state index is 0.0557. The Kier molecular flexibility index (Phi) is 4.91. The van der Waals surface area contributed by atoms with Crippen molar-refractivity contribution in [3.8, 4) is 0 Å². The Labute approximate surface area is 206 Å². The fourth-order valence-electron chi connectivity index (χ4n) is 7.71. The van der Waals surface area contributed by atoms with E-state index in [4.69, 9.17) is 18.5 Å². The molecule has 2 saturated heterocycles. The first kappa shape index (κ1) is 22.2. The van der Waals surface area contributed by atoms with Gasteiger partial charge in [0, 0.05) is 11.4 Å². The molecule has 2 aromatic rings. The number of alkyl carbamates (subject to hydrolysis) is 1. The summed E-state index contributed by atoms with van der Waals surface area (Å²) in [6.07, 6.45) is 5.43. The van der Waals surface area contributed by atoms with Crippen LogP contribution in [0.15, 0.2) is 34.9 Å². The van der Waals surface area contributed by atoms with E-state index in [1.54, 1.807) is 6.26 Å². The van der Waals surface area contributed by atoms with Crippen LogP contribution in [0.25, 0.3) is 11.0 Å². The molecule has 3 heterocycles. The molecule has 7 nitrogen and oxygen atoms in total. The normalized spacial score (nSPS) is 39.0. The summed E-state index contributed by atoms with van der Waals surface area (Å²) in [6.45, 7) is 8.37. The van der Waals surface area contributed by atoms with E-state index in [1.807, 2.05) is 18.2 Å². The molecular formula is C27H35BN2O5. The molecule has 8 rings (SSSR count). The van der Waals surface area contributed by atoms with E-state index in [-0.39, 0.29) is 29.1 Å². The number of carbonyl (C=O) groups is 1. The lowest BCUT2D eigenvalue weighted by atomic mass is 9.43. The van der Waals surface area contributed by atoms with E-state index >= 15 is 0 Å². The van der Waals surface area contributed by atoms with Crippen molar-refractivity contribution in [1.29, 1.82) is 0 Å². The molecule has 1 aromatic heterocycles. The first-order chi connectivity index (χ1) is 16.8. The van der Waals surface area contributed by atoms with Crippen molar-refractivity contribution in [2.24, 2.45) is 29.1 Å². The third-order valence-electron chi connectivity index (χ3n) is 10.1. The minimum atomic E-state index is -0.529. The van der Waals surface area contributed by atoms with E-state index in [9.17, 15) is 4.79 Å². The van der Waals surface area contributed by atoms with Crippen LogP contribution in [0.5, 0.6) is 0 Å².